The average molecular weight is 505 g/mol. The van der Waals surface area contributed by atoms with Crippen LogP contribution in [-0.2, 0) is 19.0 Å². The zero-order valence-corrected chi connectivity index (χ0v) is 19.8. The molecule has 36 heavy (non-hydrogen) atoms. The van der Waals surface area contributed by atoms with E-state index in [-0.39, 0.29) is 5.56 Å². The van der Waals surface area contributed by atoms with Gasteiger partial charge in [0.2, 0.25) is 0 Å². The van der Waals surface area contributed by atoms with Crippen molar-refractivity contribution in [3.05, 3.63) is 94.6 Å². The maximum Gasteiger partial charge on any atom is 0.432 e. The Balaban J connectivity index is 1.58. The van der Waals surface area contributed by atoms with E-state index >= 15 is 0 Å². The minimum atomic E-state index is -4.52. The maximum absolute atomic E-state index is 14.8. The number of halogens is 6. The van der Waals surface area contributed by atoms with Crippen LogP contribution in [0.5, 0.6) is 5.75 Å². The van der Waals surface area contributed by atoms with E-state index in [1.807, 2.05) is 12.1 Å². The van der Waals surface area contributed by atoms with Crippen LogP contribution >= 0.6 is 0 Å². The summed E-state index contributed by atoms with van der Waals surface area (Å²) in [6.45, 7) is 5.38. The molecule has 0 amide bonds. The second-order valence-corrected chi connectivity index (χ2v) is 9.19. The van der Waals surface area contributed by atoms with Gasteiger partial charge < -0.3 is 4.74 Å². The fraction of sp³-hybridized carbons (Fsp3) is 0.310. The molecule has 0 fully saturated rings. The third kappa shape index (κ3) is 5.30. The Hall–Kier alpha value is -3.22. The fourth-order valence-electron chi connectivity index (χ4n) is 4.81. The van der Waals surface area contributed by atoms with Crippen LogP contribution in [-0.4, -0.2) is 0 Å². The smallest absolute Gasteiger partial charge is 0.429 e. The Morgan fingerprint density at radius 3 is 2.11 bits per heavy atom. The van der Waals surface area contributed by atoms with Crippen molar-refractivity contribution in [1.29, 1.82) is 0 Å². The second kappa shape index (κ2) is 10.4. The van der Waals surface area contributed by atoms with Gasteiger partial charge in [-0.25, -0.2) is 17.6 Å². The second-order valence-electron chi connectivity index (χ2n) is 9.19. The zero-order valence-electron chi connectivity index (χ0n) is 19.8. The van der Waals surface area contributed by atoms with Crippen molar-refractivity contribution in [1.82, 2.24) is 0 Å². The molecule has 7 heteroatoms. The Kier molecular flexibility index (Phi) is 7.48. The molecule has 3 aromatic rings. The number of hydrogen-bond donors (Lipinski definition) is 0. The quantitative estimate of drug-likeness (QED) is 0.209. The van der Waals surface area contributed by atoms with E-state index < -0.39 is 46.3 Å². The normalized spacial score (nSPS) is 15.1. The summed E-state index contributed by atoms with van der Waals surface area (Å²) >= 11 is 0. The molecule has 4 rings (SSSR count). The Morgan fingerprint density at radius 2 is 1.50 bits per heavy atom. The predicted molar refractivity (Wildman–Crippen MR) is 128 cm³/mol. The van der Waals surface area contributed by atoms with Gasteiger partial charge in [-0.2, -0.15) is 8.78 Å². The molecule has 0 spiro atoms. The molecular weight excluding hydrogens is 478 g/mol. The molecule has 0 saturated heterocycles. The highest BCUT2D eigenvalue weighted by atomic mass is 19.3. The topological polar surface area (TPSA) is 9.23 Å². The largest absolute Gasteiger partial charge is 0.432 e. The number of alkyl halides is 2. The van der Waals surface area contributed by atoms with Gasteiger partial charge in [0.15, 0.2) is 0 Å². The highest BCUT2D eigenvalue weighted by Crippen LogP contribution is 2.39. The molecular formula is C29H26F6O. The molecule has 0 aliphatic heterocycles. The lowest BCUT2D eigenvalue weighted by atomic mass is 9.98. The van der Waals surface area contributed by atoms with Crippen LogP contribution < -0.4 is 4.74 Å². The van der Waals surface area contributed by atoms with Crippen molar-refractivity contribution in [3.63, 3.8) is 0 Å². The van der Waals surface area contributed by atoms with Crippen LogP contribution in [0.25, 0.3) is 17.2 Å². The van der Waals surface area contributed by atoms with Gasteiger partial charge in [0, 0.05) is 17.7 Å². The Morgan fingerprint density at radius 1 is 0.861 bits per heavy atom. The summed E-state index contributed by atoms with van der Waals surface area (Å²) in [5.41, 5.74) is 0.736. The number of hydrogen-bond acceptors (Lipinski definition) is 1. The standard InChI is InChI=1S/C29H26F6O/c1-3-5-6-7-17-10-18-8-9-19(12-20(18)11-17)21-13-26(32)28(27(33)14-21)29(34,35)36-22-15-24(30)23(4-2)25(31)16-22/h4,8-9,12-17H,2-3,5-7,10-11H2,1H3. The first-order valence-electron chi connectivity index (χ1n) is 11.9. The summed E-state index contributed by atoms with van der Waals surface area (Å²) in [6.07, 6.45) is 2.79. The molecule has 0 heterocycles. The molecule has 0 bridgehead atoms. The molecule has 0 radical (unpaired) electrons. The van der Waals surface area contributed by atoms with Crippen LogP contribution in [0.1, 0.15) is 54.9 Å². The number of rotatable bonds is 9. The van der Waals surface area contributed by atoms with Crippen molar-refractivity contribution < 1.29 is 31.1 Å². The van der Waals surface area contributed by atoms with E-state index in [4.69, 9.17) is 0 Å². The lowest BCUT2D eigenvalue weighted by Gasteiger charge is -2.20. The molecule has 1 aliphatic carbocycles. The van der Waals surface area contributed by atoms with E-state index in [1.54, 1.807) is 6.07 Å². The third-order valence-electron chi connectivity index (χ3n) is 6.61. The third-order valence-corrected chi connectivity index (χ3v) is 6.61. The van der Waals surface area contributed by atoms with Crippen LogP contribution in [0.4, 0.5) is 26.3 Å². The van der Waals surface area contributed by atoms with Gasteiger partial charge in [-0.3, -0.25) is 0 Å². The fourth-order valence-corrected chi connectivity index (χ4v) is 4.81. The maximum atomic E-state index is 14.8. The predicted octanol–water partition coefficient (Wildman–Crippen LogP) is 8.98. The van der Waals surface area contributed by atoms with E-state index in [9.17, 15) is 26.3 Å². The van der Waals surface area contributed by atoms with Crippen molar-refractivity contribution in [2.24, 2.45) is 5.92 Å². The SMILES string of the molecule is C=Cc1c(F)cc(OC(F)(F)c2c(F)cc(-c3ccc4c(c3)CC(CCCCC)C4)cc2F)cc1F. The minimum absolute atomic E-state index is 0.106. The van der Waals surface area contributed by atoms with Crippen molar-refractivity contribution in [2.45, 2.75) is 51.6 Å². The number of fused-ring (bicyclic) bond motifs is 1. The molecule has 1 unspecified atom stereocenters. The number of benzene rings is 3. The molecule has 0 saturated carbocycles. The van der Waals surface area contributed by atoms with Crippen LogP contribution in [0, 0.1) is 29.2 Å². The molecule has 190 valence electrons. The van der Waals surface area contributed by atoms with Gasteiger partial charge in [0.25, 0.3) is 0 Å². The molecule has 1 nitrogen and oxygen atoms in total. The highest BCUT2D eigenvalue weighted by Gasteiger charge is 2.41. The average Bonchev–Trinajstić information content (AvgIpc) is 3.20. The van der Waals surface area contributed by atoms with Crippen LogP contribution in [0.2, 0.25) is 0 Å². The summed E-state index contributed by atoms with van der Waals surface area (Å²) in [7, 11) is 0. The van der Waals surface area contributed by atoms with Gasteiger partial charge in [-0.15, -0.1) is 0 Å². The number of ether oxygens (including phenoxy) is 1. The highest BCUT2D eigenvalue weighted by molar-refractivity contribution is 5.66. The Labute approximate surface area is 206 Å². The van der Waals surface area contributed by atoms with Gasteiger partial charge in [-0.1, -0.05) is 57.0 Å². The first-order valence-corrected chi connectivity index (χ1v) is 11.9. The molecule has 1 atom stereocenters. The lowest BCUT2D eigenvalue weighted by Crippen LogP contribution is -2.25. The molecule has 0 N–H and O–H groups in total. The summed E-state index contributed by atoms with van der Waals surface area (Å²) < 4.78 is 91.2. The number of unbranched alkanes of at least 4 members (excludes halogenated alkanes) is 2. The van der Waals surface area contributed by atoms with Gasteiger partial charge in [0.05, 0.1) is 0 Å². The summed E-state index contributed by atoms with van der Waals surface area (Å²) in [5, 5.41) is 0. The first-order chi connectivity index (χ1) is 17.1. The van der Waals surface area contributed by atoms with Crippen LogP contribution in [0.15, 0.2) is 49.0 Å². The van der Waals surface area contributed by atoms with Crippen LogP contribution in [0.3, 0.4) is 0 Å². The first kappa shape index (κ1) is 25.9. The zero-order chi connectivity index (χ0) is 26.0. The summed E-state index contributed by atoms with van der Waals surface area (Å²) in [5.74, 6) is -5.85. The van der Waals surface area contributed by atoms with Crippen molar-refractivity contribution in [2.75, 3.05) is 0 Å². The van der Waals surface area contributed by atoms with Gasteiger partial charge >= 0.3 is 6.11 Å². The minimum Gasteiger partial charge on any atom is -0.429 e. The lowest BCUT2D eigenvalue weighted by molar-refractivity contribution is -0.189. The van der Waals surface area contributed by atoms with Gasteiger partial charge in [0.1, 0.15) is 34.6 Å². The van der Waals surface area contributed by atoms with E-state index in [0.29, 0.717) is 23.6 Å². The van der Waals surface area contributed by atoms with Gasteiger partial charge in [-0.05, 0) is 59.6 Å². The van der Waals surface area contributed by atoms with Crippen molar-refractivity contribution >= 4 is 6.08 Å². The van der Waals surface area contributed by atoms with Crippen molar-refractivity contribution in [3.8, 4) is 16.9 Å². The molecule has 3 aromatic carbocycles. The van der Waals surface area contributed by atoms with E-state index in [1.165, 1.54) is 12.0 Å². The summed E-state index contributed by atoms with van der Waals surface area (Å²) in [6, 6.07) is 8.12. The summed E-state index contributed by atoms with van der Waals surface area (Å²) in [4.78, 5) is 0. The molecule has 0 aromatic heterocycles. The monoisotopic (exact) mass is 504 g/mol. The molecule has 1 aliphatic rings. The Bertz CT molecular complexity index is 1240. The van der Waals surface area contributed by atoms with E-state index in [0.717, 1.165) is 55.9 Å². The van der Waals surface area contributed by atoms with E-state index in [2.05, 4.69) is 18.2 Å².